The Labute approximate surface area is 127 Å². The normalized spacial score (nSPS) is 38.4. The van der Waals surface area contributed by atoms with Gasteiger partial charge in [0.15, 0.2) is 0 Å². The summed E-state index contributed by atoms with van der Waals surface area (Å²) in [5.74, 6) is 0.161. The maximum atomic E-state index is 12.6. The van der Waals surface area contributed by atoms with Gasteiger partial charge < -0.3 is 19.7 Å². The first-order valence-electron chi connectivity index (χ1n) is 8.28. The lowest BCUT2D eigenvalue weighted by Crippen LogP contribution is -2.51. The molecule has 120 valence electrons. The van der Waals surface area contributed by atoms with Crippen LogP contribution in [-0.4, -0.2) is 62.4 Å². The molecule has 4 atom stereocenters. The highest BCUT2D eigenvalue weighted by molar-refractivity contribution is 5.79. The molecule has 5 heteroatoms. The predicted molar refractivity (Wildman–Crippen MR) is 80.1 cm³/mol. The largest absolute Gasteiger partial charge is 0.382 e. The first-order chi connectivity index (χ1) is 10.2. The van der Waals surface area contributed by atoms with E-state index < -0.39 is 0 Å². The Kier molecular flexibility index (Phi) is 4.52. The van der Waals surface area contributed by atoms with Crippen LogP contribution in [0, 0.1) is 5.41 Å². The zero-order valence-corrected chi connectivity index (χ0v) is 13.3. The molecule has 0 spiro atoms. The van der Waals surface area contributed by atoms with E-state index in [1.165, 1.54) is 19.3 Å². The number of hydrogen-bond acceptors (Lipinski definition) is 4. The number of rotatable bonds is 5. The maximum Gasteiger partial charge on any atom is 0.249 e. The van der Waals surface area contributed by atoms with Crippen LogP contribution in [0.2, 0.25) is 0 Å². The van der Waals surface area contributed by atoms with Gasteiger partial charge in [-0.3, -0.25) is 4.79 Å². The molecule has 2 heterocycles. The van der Waals surface area contributed by atoms with Crippen molar-refractivity contribution in [2.45, 2.75) is 57.2 Å². The molecule has 1 N–H and O–H groups in total. The van der Waals surface area contributed by atoms with Crippen molar-refractivity contribution < 1.29 is 14.3 Å². The average Bonchev–Trinajstić information content (AvgIpc) is 2.59. The Morgan fingerprint density at radius 2 is 2.14 bits per heavy atom. The number of amides is 1. The number of carbonyl (C=O) groups is 1. The highest BCUT2D eigenvalue weighted by atomic mass is 16.5. The van der Waals surface area contributed by atoms with Gasteiger partial charge in [-0.15, -0.1) is 0 Å². The summed E-state index contributed by atoms with van der Waals surface area (Å²) in [7, 11) is 1.65. The third-order valence-corrected chi connectivity index (χ3v) is 5.73. The van der Waals surface area contributed by atoms with Crippen molar-refractivity contribution in [2.24, 2.45) is 5.41 Å². The van der Waals surface area contributed by atoms with Gasteiger partial charge in [-0.1, -0.05) is 19.8 Å². The molecule has 5 nitrogen and oxygen atoms in total. The van der Waals surface area contributed by atoms with Crippen molar-refractivity contribution in [1.82, 2.24) is 10.2 Å². The van der Waals surface area contributed by atoms with Crippen LogP contribution in [0.15, 0.2) is 0 Å². The van der Waals surface area contributed by atoms with Crippen LogP contribution < -0.4 is 5.32 Å². The molecule has 21 heavy (non-hydrogen) atoms. The Morgan fingerprint density at radius 3 is 2.95 bits per heavy atom. The first-order valence-corrected chi connectivity index (χ1v) is 8.28. The lowest BCUT2D eigenvalue weighted by molar-refractivity contribution is -0.140. The Balaban J connectivity index is 1.69. The molecule has 3 rings (SSSR count). The van der Waals surface area contributed by atoms with E-state index in [9.17, 15) is 4.79 Å². The second-order valence-corrected chi connectivity index (χ2v) is 6.97. The third kappa shape index (κ3) is 2.71. The van der Waals surface area contributed by atoms with Crippen molar-refractivity contribution in [3.05, 3.63) is 0 Å². The minimum absolute atomic E-state index is 0.161. The minimum Gasteiger partial charge on any atom is -0.382 e. The Hall–Kier alpha value is -0.650. The summed E-state index contributed by atoms with van der Waals surface area (Å²) in [6.07, 6.45) is 6.07. The molecular weight excluding hydrogens is 268 g/mol. The Morgan fingerprint density at radius 1 is 1.33 bits per heavy atom. The smallest absolute Gasteiger partial charge is 0.249 e. The fourth-order valence-electron chi connectivity index (χ4n) is 4.71. The zero-order valence-electron chi connectivity index (χ0n) is 13.3. The molecule has 3 aliphatic rings. The number of nitrogens with zero attached hydrogens (tertiary/aromatic N) is 1. The van der Waals surface area contributed by atoms with Crippen molar-refractivity contribution in [1.29, 1.82) is 0 Å². The predicted octanol–water partition coefficient (Wildman–Crippen LogP) is 1.17. The van der Waals surface area contributed by atoms with Crippen LogP contribution in [0.3, 0.4) is 0 Å². The molecular formula is C16H28N2O3. The van der Waals surface area contributed by atoms with Crippen molar-refractivity contribution >= 4 is 5.91 Å². The fourth-order valence-corrected chi connectivity index (χ4v) is 4.71. The molecule has 0 aromatic heterocycles. The topological polar surface area (TPSA) is 50.8 Å². The van der Waals surface area contributed by atoms with Gasteiger partial charge in [0.2, 0.25) is 5.91 Å². The van der Waals surface area contributed by atoms with Gasteiger partial charge in [-0.25, -0.2) is 0 Å². The molecule has 1 saturated carbocycles. The van der Waals surface area contributed by atoms with E-state index in [0.717, 1.165) is 19.4 Å². The van der Waals surface area contributed by atoms with Gasteiger partial charge in [0.05, 0.1) is 13.2 Å². The molecule has 0 unspecified atom stereocenters. The third-order valence-electron chi connectivity index (χ3n) is 5.73. The van der Waals surface area contributed by atoms with Crippen LogP contribution in [0.5, 0.6) is 0 Å². The first kappa shape index (κ1) is 15.3. The number of nitrogens with one attached hydrogen (secondary N) is 1. The number of ether oxygens (including phenoxy) is 2. The summed E-state index contributed by atoms with van der Waals surface area (Å²) in [5.41, 5.74) is 0.252. The van der Waals surface area contributed by atoms with Gasteiger partial charge in [0, 0.05) is 37.2 Å². The van der Waals surface area contributed by atoms with E-state index >= 15 is 0 Å². The number of fused-ring (bicyclic) bond motifs is 1. The SMILES string of the molecule is COCCOCC(=O)N1[C@@H]2CN[C@@H]3CCCC[C@H]1[C@]3(C)C2. The highest BCUT2D eigenvalue weighted by Crippen LogP contribution is 2.50. The summed E-state index contributed by atoms with van der Waals surface area (Å²) >= 11 is 0. The fraction of sp³-hybridized carbons (Fsp3) is 0.938. The maximum absolute atomic E-state index is 12.6. The molecule has 1 aliphatic carbocycles. The van der Waals surface area contributed by atoms with Crippen LogP contribution in [0.25, 0.3) is 0 Å². The highest BCUT2D eigenvalue weighted by Gasteiger charge is 2.57. The summed E-state index contributed by atoms with van der Waals surface area (Å²) < 4.78 is 10.4. The second kappa shape index (κ2) is 6.23. The zero-order chi connectivity index (χ0) is 14.9. The van der Waals surface area contributed by atoms with E-state index in [1.54, 1.807) is 7.11 Å². The molecule has 0 aromatic rings. The van der Waals surface area contributed by atoms with Crippen LogP contribution >= 0.6 is 0 Å². The van der Waals surface area contributed by atoms with Gasteiger partial charge in [0.1, 0.15) is 6.61 Å². The van der Waals surface area contributed by atoms with Gasteiger partial charge >= 0.3 is 0 Å². The van der Waals surface area contributed by atoms with Gasteiger partial charge in [0.25, 0.3) is 0 Å². The quantitative estimate of drug-likeness (QED) is 0.774. The number of carbonyl (C=O) groups excluding carboxylic acids is 1. The molecule has 0 radical (unpaired) electrons. The average molecular weight is 296 g/mol. The number of hydrogen-bond donors (Lipinski definition) is 1. The molecule has 2 aliphatic heterocycles. The number of piperidine rings is 1. The van der Waals surface area contributed by atoms with Crippen molar-refractivity contribution in [3.8, 4) is 0 Å². The van der Waals surface area contributed by atoms with E-state index in [0.29, 0.717) is 31.3 Å². The minimum atomic E-state index is 0.161. The standard InChI is InChI=1S/C16H28N2O3/c1-16-9-12-10-17-13(16)5-3-4-6-14(16)18(12)15(19)11-21-8-7-20-2/h12-14,17H,3-11H2,1-2H3/t12-,13+,14-,16+/m0/s1. The summed E-state index contributed by atoms with van der Waals surface area (Å²) in [6.45, 7) is 4.55. The van der Waals surface area contributed by atoms with Crippen molar-refractivity contribution in [3.63, 3.8) is 0 Å². The van der Waals surface area contributed by atoms with Gasteiger partial charge in [-0.2, -0.15) is 0 Å². The summed E-state index contributed by atoms with van der Waals surface area (Å²) in [5, 5.41) is 3.70. The monoisotopic (exact) mass is 296 g/mol. The van der Waals surface area contributed by atoms with Crippen LogP contribution in [0.4, 0.5) is 0 Å². The number of methoxy groups -OCH3 is 1. The van der Waals surface area contributed by atoms with E-state index in [-0.39, 0.29) is 17.9 Å². The lowest BCUT2D eigenvalue weighted by atomic mass is 9.72. The molecule has 2 saturated heterocycles. The molecule has 2 bridgehead atoms. The summed E-state index contributed by atoms with van der Waals surface area (Å²) in [6, 6.07) is 1.32. The van der Waals surface area contributed by atoms with E-state index in [2.05, 4.69) is 17.1 Å². The Bertz CT molecular complexity index is 390. The number of likely N-dealkylation sites (tertiary alicyclic amines) is 1. The summed E-state index contributed by atoms with van der Waals surface area (Å²) in [4.78, 5) is 14.8. The molecule has 0 aromatic carbocycles. The van der Waals surface area contributed by atoms with Crippen LogP contribution in [0.1, 0.15) is 39.0 Å². The van der Waals surface area contributed by atoms with Crippen LogP contribution in [-0.2, 0) is 14.3 Å². The van der Waals surface area contributed by atoms with Gasteiger partial charge in [-0.05, 0) is 19.3 Å². The lowest BCUT2D eigenvalue weighted by Gasteiger charge is -2.39. The molecule has 1 amide bonds. The second-order valence-electron chi connectivity index (χ2n) is 6.97. The van der Waals surface area contributed by atoms with E-state index in [1.807, 2.05) is 0 Å². The van der Waals surface area contributed by atoms with E-state index in [4.69, 9.17) is 9.47 Å². The van der Waals surface area contributed by atoms with Crippen molar-refractivity contribution in [2.75, 3.05) is 33.5 Å². The molecule has 3 fully saturated rings.